The lowest BCUT2D eigenvalue weighted by Crippen LogP contribution is -2.35. The molecule has 0 aliphatic carbocycles. The van der Waals surface area contributed by atoms with Crippen LogP contribution in [0.15, 0.2) is 72.8 Å². The van der Waals surface area contributed by atoms with Gasteiger partial charge in [-0.15, -0.1) is 5.06 Å². The van der Waals surface area contributed by atoms with Crippen LogP contribution in [0.5, 0.6) is 46.0 Å². The SMILES string of the molecule is C.CCC(=O)Oc1cc(C[C@H](C)[C@H](C)Cc2ccc(OC(=O)CC)c(OC(=O)NC)c2)ccc1OC(=O)NC.CNC(=O)ON1C(=O)CCC1=O.C[C@H](Cc1ccc(O)c(O)c1)[C@@H](C)Cc1ccc(O)c(O)c1. The van der Waals surface area contributed by atoms with E-state index in [1.165, 1.54) is 33.3 Å². The van der Waals surface area contributed by atoms with Crippen LogP contribution >= 0.6 is 0 Å². The quantitative estimate of drug-likeness (QED) is 0.0226. The third-order valence-corrected chi connectivity index (χ3v) is 11.5. The maximum atomic E-state index is 11.9. The molecule has 1 heterocycles. The molecule has 0 spiro atoms. The number of carbonyl (C=O) groups excluding carboxylic acids is 7. The third kappa shape index (κ3) is 19.9. The van der Waals surface area contributed by atoms with Crippen LogP contribution in [0.4, 0.5) is 14.4 Å². The molecule has 20 heteroatoms. The Hall–Kier alpha value is -8.03. The van der Waals surface area contributed by atoms with Gasteiger partial charge in [0.15, 0.2) is 46.0 Å². The summed E-state index contributed by atoms with van der Waals surface area (Å²) in [5.41, 5.74) is 3.77. The Morgan fingerprint density at radius 2 is 0.795 bits per heavy atom. The molecule has 1 fully saturated rings. The van der Waals surface area contributed by atoms with E-state index < -0.39 is 42.0 Å². The van der Waals surface area contributed by atoms with Crippen LogP contribution in [0.2, 0.25) is 0 Å². The highest BCUT2D eigenvalue weighted by Gasteiger charge is 2.32. The van der Waals surface area contributed by atoms with Crippen molar-refractivity contribution in [1.29, 1.82) is 0 Å². The molecule has 20 nitrogen and oxygen atoms in total. The van der Waals surface area contributed by atoms with Crippen molar-refractivity contribution in [2.45, 2.75) is 100 Å². The molecule has 4 atom stereocenters. The molecule has 0 aromatic heterocycles. The lowest BCUT2D eigenvalue weighted by molar-refractivity contribution is -0.171. The molecule has 7 N–H and O–H groups in total. The van der Waals surface area contributed by atoms with Gasteiger partial charge in [0, 0.05) is 46.8 Å². The first kappa shape index (κ1) is 61.1. The van der Waals surface area contributed by atoms with Gasteiger partial charge >= 0.3 is 30.2 Å². The Balaban J connectivity index is 0.000000435. The highest BCUT2D eigenvalue weighted by molar-refractivity contribution is 6.01. The number of imide groups is 1. The molecule has 0 saturated carbocycles. The maximum absolute atomic E-state index is 11.9. The Morgan fingerprint density at radius 1 is 0.479 bits per heavy atom. The molecule has 1 aliphatic heterocycles. The number of rotatable bonds is 17. The van der Waals surface area contributed by atoms with E-state index >= 15 is 0 Å². The Labute approximate surface area is 425 Å². The number of hydrogen-bond acceptors (Lipinski definition) is 16. The van der Waals surface area contributed by atoms with Gasteiger partial charge in [0.25, 0.3) is 11.8 Å². The fourth-order valence-electron chi connectivity index (χ4n) is 6.85. The van der Waals surface area contributed by atoms with Crippen LogP contribution in [0.3, 0.4) is 0 Å². The number of phenols is 4. The minimum atomic E-state index is -0.821. The number of nitrogens with one attached hydrogen (secondary N) is 3. The topological polar surface area (TPSA) is 286 Å². The molecule has 1 saturated heterocycles. The first-order valence-corrected chi connectivity index (χ1v) is 23.3. The van der Waals surface area contributed by atoms with Crippen molar-refractivity contribution in [2.75, 3.05) is 21.1 Å². The highest BCUT2D eigenvalue weighted by atomic mass is 16.7. The monoisotopic (exact) mass is 1020 g/mol. The summed E-state index contributed by atoms with van der Waals surface area (Å²) >= 11 is 0. The lowest BCUT2D eigenvalue weighted by atomic mass is 9.85. The summed E-state index contributed by atoms with van der Waals surface area (Å²) in [5, 5.41) is 45.1. The molecule has 0 unspecified atom stereocenters. The van der Waals surface area contributed by atoms with Crippen LogP contribution in [-0.2, 0) is 49.7 Å². The molecular weight excluding hydrogens is 949 g/mol. The van der Waals surface area contributed by atoms with Gasteiger partial charge < -0.3 is 60.2 Å². The normalized spacial score (nSPS) is 13.1. The molecule has 0 radical (unpaired) electrons. The Morgan fingerprint density at radius 3 is 1.15 bits per heavy atom. The number of ether oxygens (including phenoxy) is 4. The second-order valence-electron chi connectivity index (χ2n) is 17.1. The molecule has 5 amide bonds. The van der Waals surface area contributed by atoms with Gasteiger partial charge in [-0.2, -0.15) is 0 Å². The van der Waals surface area contributed by atoms with Crippen molar-refractivity contribution in [1.82, 2.24) is 21.0 Å². The standard InChI is InChI=1S/C28H36N2O8.C18H22O4.C6H8N2O4.CH4/c1-7-25(31)35-21-11-9-20(16-24(21)38-28(34)30-6)14-18(4)17(3)13-19-10-12-22(37-27(33)29-5)23(15-19)36-26(32)8-2;1-11(7-13-3-5-15(19)17(21)9-13)12(2)8-14-4-6-16(20)18(22)10-14;1-7-6(11)12-8-4(9)2-3-5(8)10;/h9-12,15-18H,7-8,13-14H2,1-6H3,(H,29,33)(H,30,34);3-6,9-12,19-22H,7-8H2,1-2H3;2-3H2,1H3,(H,7,11);1H4/t17-,18+;11-,12+;;/m0.../s1. The molecule has 0 bridgehead atoms. The molecule has 4 aromatic rings. The van der Waals surface area contributed by atoms with Gasteiger partial charge in [-0.25, -0.2) is 14.4 Å². The average Bonchev–Trinajstić information content (AvgIpc) is 3.67. The van der Waals surface area contributed by atoms with Crippen LogP contribution in [0, 0.1) is 23.7 Å². The fourth-order valence-corrected chi connectivity index (χ4v) is 6.85. The van der Waals surface area contributed by atoms with Gasteiger partial charge in [-0.05, 0) is 120 Å². The first-order chi connectivity index (χ1) is 34.1. The summed E-state index contributed by atoms with van der Waals surface area (Å²) in [7, 11) is 4.23. The summed E-state index contributed by atoms with van der Waals surface area (Å²) in [4.78, 5) is 83.8. The Bertz CT molecular complexity index is 2370. The summed E-state index contributed by atoms with van der Waals surface area (Å²) in [6.07, 6.45) is 1.36. The zero-order chi connectivity index (χ0) is 53.7. The molecule has 398 valence electrons. The summed E-state index contributed by atoms with van der Waals surface area (Å²) in [5.74, 6) is -0.427. The van der Waals surface area contributed by atoms with Crippen molar-refractivity contribution in [2.24, 2.45) is 23.7 Å². The Kier molecular flexibility index (Phi) is 25.1. The van der Waals surface area contributed by atoms with E-state index in [1.54, 1.807) is 50.2 Å². The van der Waals surface area contributed by atoms with Crippen molar-refractivity contribution in [3.63, 3.8) is 0 Å². The molecular formula is C53H70N4O16. The summed E-state index contributed by atoms with van der Waals surface area (Å²) in [6, 6.07) is 20.1. The van der Waals surface area contributed by atoms with E-state index in [0.717, 1.165) is 35.1 Å². The smallest absolute Gasteiger partial charge is 0.431 e. The number of benzene rings is 4. The number of carbonyl (C=O) groups is 7. The number of esters is 2. The number of amides is 5. The average molecular weight is 1020 g/mol. The van der Waals surface area contributed by atoms with Crippen molar-refractivity contribution in [3.8, 4) is 46.0 Å². The van der Waals surface area contributed by atoms with E-state index in [-0.39, 0.29) is 90.9 Å². The minimum absolute atomic E-state index is 0. The van der Waals surface area contributed by atoms with Crippen LogP contribution in [0.25, 0.3) is 0 Å². The van der Waals surface area contributed by atoms with Crippen LogP contribution < -0.4 is 34.9 Å². The zero-order valence-corrected chi connectivity index (χ0v) is 42.0. The summed E-state index contributed by atoms with van der Waals surface area (Å²) < 4.78 is 21.2. The number of nitrogens with zero attached hydrogens (tertiary/aromatic N) is 1. The number of hydrogen-bond donors (Lipinski definition) is 7. The van der Waals surface area contributed by atoms with E-state index in [1.807, 2.05) is 24.3 Å². The van der Waals surface area contributed by atoms with Gasteiger partial charge in [0.2, 0.25) is 0 Å². The predicted octanol–water partition coefficient (Wildman–Crippen LogP) is 8.42. The van der Waals surface area contributed by atoms with E-state index in [4.69, 9.17) is 18.9 Å². The van der Waals surface area contributed by atoms with Gasteiger partial charge in [0.1, 0.15) is 0 Å². The third-order valence-electron chi connectivity index (χ3n) is 11.5. The van der Waals surface area contributed by atoms with Gasteiger partial charge in [-0.3, -0.25) is 19.2 Å². The number of aromatic hydroxyl groups is 4. The molecule has 73 heavy (non-hydrogen) atoms. The minimum Gasteiger partial charge on any atom is -0.504 e. The van der Waals surface area contributed by atoms with Crippen LogP contribution in [-0.4, -0.2) is 88.7 Å². The number of phenolic OH excluding ortho intramolecular Hbond substituents is 4. The van der Waals surface area contributed by atoms with Crippen molar-refractivity contribution >= 4 is 42.0 Å². The predicted molar refractivity (Wildman–Crippen MR) is 269 cm³/mol. The first-order valence-electron chi connectivity index (χ1n) is 23.3. The van der Waals surface area contributed by atoms with E-state index in [9.17, 15) is 54.0 Å². The lowest BCUT2D eigenvalue weighted by Gasteiger charge is -2.21. The van der Waals surface area contributed by atoms with Gasteiger partial charge in [0.05, 0.1) is 0 Å². The molecule has 4 aromatic carbocycles. The van der Waals surface area contributed by atoms with Gasteiger partial charge in [-0.1, -0.05) is 73.2 Å². The van der Waals surface area contributed by atoms with E-state index in [0.29, 0.717) is 29.7 Å². The van der Waals surface area contributed by atoms with Crippen molar-refractivity contribution in [3.05, 3.63) is 95.1 Å². The molecule has 5 rings (SSSR count). The second kappa shape index (κ2) is 30.0. The van der Waals surface area contributed by atoms with Crippen molar-refractivity contribution < 1.29 is 77.8 Å². The fraction of sp³-hybridized carbons (Fsp3) is 0.415. The summed E-state index contributed by atoms with van der Waals surface area (Å²) in [6.45, 7) is 11.8. The highest BCUT2D eigenvalue weighted by Crippen LogP contribution is 2.34. The second-order valence-corrected chi connectivity index (χ2v) is 17.1. The maximum Gasteiger partial charge on any atom is 0.431 e. The molecule has 1 aliphatic rings. The zero-order valence-electron chi connectivity index (χ0n) is 42.0. The number of hydroxylamine groups is 2. The van der Waals surface area contributed by atoms with E-state index in [2.05, 4.69) is 48.5 Å². The van der Waals surface area contributed by atoms with Crippen LogP contribution in [0.1, 0.15) is 96.9 Å². The largest absolute Gasteiger partial charge is 0.504 e.